The van der Waals surface area contributed by atoms with E-state index in [1.54, 1.807) is 0 Å². The molecule has 0 aliphatic heterocycles. The number of nitrogens with zero attached hydrogens (tertiary/aromatic N) is 2. The van der Waals surface area contributed by atoms with E-state index >= 15 is 0 Å². The molecule has 0 unspecified atom stereocenters. The van der Waals surface area contributed by atoms with Gasteiger partial charge in [0, 0.05) is 18.6 Å². The minimum Gasteiger partial charge on any atom is -0.445 e. The van der Waals surface area contributed by atoms with Crippen molar-refractivity contribution in [2.75, 3.05) is 0 Å². The Labute approximate surface area is 131 Å². The van der Waals surface area contributed by atoms with Crippen LogP contribution in [0.5, 0.6) is 0 Å². The van der Waals surface area contributed by atoms with Crippen LogP contribution >= 0.6 is 0 Å². The molecule has 0 spiro atoms. The monoisotopic (exact) mass is 256 g/mol. The molecule has 2 nitrogen and oxygen atoms in total. The van der Waals surface area contributed by atoms with Gasteiger partial charge >= 0.3 is 58.4 Å². The third kappa shape index (κ3) is 2.68. The van der Waals surface area contributed by atoms with Crippen molar-refractivity contribution in [3.63, 3.8) is 0 Å². The maximum Gasteiger partial charge on any atom is 1.00 e. The summed E-state index contributed by atoms with van der Waals surface area (Å²) in [6.07, 6.45) is 1.35. The molecule has 2 aromatic rings. The van der Waals surface area contributed by atoms with Crippen LogP contribution in [0.2, 0.25) is 0 Å². The van der Waals surface area contributed by atoms with Gasteiger partial charge in [0.05, 0.1) is 0 Å². The Bertz CT molecular complexity index is 522. The number of hydrogen-bond acceptors (Lipinski definition) is 1. The zero-order valence-corrected chi connectivity index (χ0v) is 11.8. The largest absolute Gasteiger partial charge is 1.00 e. The smallest absolute Gasteiger partial charge is 0.445 e. The van der Waals surface area contributed by atoms with E-state index in [2.05, 4.69) is 5.10 Å². The maximum absolute atomic E-state index is 13.2. The predicted molar refractivity (Wildman–Crippen MR) is 49.4 cm³/mol. The molecule has 0 saturated carbocycles. The van der Waals surface area contributed by atoms with Gasteiger partial charge in [0.25, 0.3) is 0 Å². The van der Waals surface area contributed by atoms with Gasteiger partial charge < -0.3 is 12.9 Å². The Morgan fingerprint density at radius 2 is 1.88 bits per heavy atom. The number of aromatic nitrogens is 2. The van der Waals surface area contributed by atoms with Gasteiger partial charge in [0.2, 0.25) is 0 Å². The standard InChI is InChI=1S/C8H6BF4N2.K/c1-15-4-5-2-6(9(11,12)13)3-7(10)8(5)14-15;/h2-4H,1H3;/q-1;+1. The number of aryl methyl sites for hydroxylation is 1. The molecular formula is C8H6BF4KN2. The first-order valence-electron chi connectivity index (χ1n) is 4.20. The molecule has 1 heterocycles. The van der Waals surface area contributed by atoms with E-state index in [1.165, 1.54) is 17.9 Å². The van der Waals surface area contributed by atoms with Crippen LogP contribution in [0.15, 0.2) is 18.3 Å². The van der Waals surface area contributed by atoms with Gasteiger partial charge in [-0.15, -0.1) is 5.46 Å². The van der Waals surface area contributed by atoms with E-state index in [-0.39, 0.29) is 62.3 Å². The van der Waals surface area contributed by atoms with Gasteiger partial charge in [-0.2, -0.15) is 5.10 Å². The summed E-state index contributed by atoms with van der Waals surface area (Å²) in [7, 11) is 1.53. The molecule has 16 heavy (non-hydrogen) atoms. The molecule has 0 saturated heterocycles. The van der Waals surface area contributed by atoms with Crippen LogP contribution in [0, 0.1) is 5.82 Å². The second-order valence-electron chi connectivity index (χ2n) is 3.32. The average Bonchev–Trinajstić information content (AvgIpc) is 2.44. The van der Waals surface area contributed by atoms with Gasteiger partial charge in [0.1, 0.15) is 11.3 Å². The Morgan fingerprint density at radius 1 is 1.25 bits per heavy atom. The topological polar surface area (TPSA) is 17.8 Å². The number of benzene rings is 1. The fourth-order valence-corrected chi connectivity index (χ4v) is 1.42. The van der Waals surface area contributed by atoms with E-state index in [0.29, 0.717) is 6.07 Å². The van der Waals surface area contributed by atoms with E-state index in [4.69, 9.17) is 0 Å². The Hall–Kier alpha value is 0.111. The molecule has 2 rings (SSSR count). The van der Waals surface area contributed by atoms with Crippen molar-refractivity contribution in [1.29, 1.82) is 0 Å². The fourth-order valence-electron chi connectivity index (χ4n) is 1.42. The SMILES string of the molecule is Cn1cc2cc([B-](F)(F)F)cc(F)c2n1.[K+]. The molecule has 0 amide bonds. The van der Waals surface area contributed by atoms with Gasteiger partial charge in [-0.25, -0.2) is 4.39 Å². The van der Waals surface area contributed by atoms with Crippen molar-refractivity contribution >= 4 is 23.3 Å². The normalized spacial score (nSPS) is 11.6. The van der Waals surface area contributed by atoms with Crippen molar-refractivity contribution in [2.45, 2.75) is 0 Å². The zero-order valence-electron chi connectivity index (χ0n) is 8.72. The van der Waals surface area contributed by atoms with Crippen molar-refractivity contribution in [3.8, 4) is 0 Å². The van der Waals surface area contributed by atoms with E-state index in [1.807, 2.05) is 0 Å². The second kappa shape index (κ2) is 4.77. The number of fused-ring (bicyclic) bond motifs is 1. The fraction of sp³-hybridized carbons (Fsp3) is 0.125. The molecule has 0 bridgehead atoms. The Morgan fingerprint density at radius 3 is 2.44 bits per heavy atom. The summed E-state index contributed by atoms with van der Waals surface area (Å²) < 4.78 is 51.6. The second-order valence-corrected chi connectivity index (χ2v) is 3.32. The molecular weight excluding hydrogens is 250 g/mol. The third-order valence-corrected chi connectivity index (χ3v) is 2.08. The van der Waals surface area contributed by atoms with Crippen LogP contribution in [0.1, 0.15) is 0 Å². The summed E-state index contributed by atoms with van der Waals surface area (Å²) in [4.78, 5) is 0. The molecule has 0 N–H and O–H groups in total. The predicted octanol–water partition coefficient (Wildman–Crippen LogP) is -1.23. The third-order valence-electron chi connectivity index (χ3n) is 2.08. The van der Waals surface area contributed by atoms with Crippen LogP contribution in [0.3, 0.4) is 0 Å². The first-order valence-corrected chi connectivity index (χ1v) is 4.20. The van der Waals surface area contributed by atoms with Crippen LogP contribution in [0.4, 0.5) is 17.3 Å². The van der Waals surface area contributed by atoms with Gasteiger partial charge in [0.15, 0.2) is 0 Å². The van der Waals surface area contributed by atoms with Crippen LogP contribution < -0.4 is 56.8 Å². The number of rotatable bonds is 1. The minimum atomic E-state index is -5.17. The summed E-state index contributed by atoms with van der Waals surface area (Å²) in [5.74, 6) is -0.942. The van der Waals surface area contributed by atoms with Crippen LogP contribution in [0.25, 0.3) is 10.9 Å². The number of hydrogen-bond donors (Lipinski definition) is 0. The van der Waals surface area contributed by atoms with Crippen molar-refractivity contribution in [1.82, 2.24) is 9.78 Å². The maximum atomic E-state index is 13.2. The molecule has 8 heteroatoms. The molecule has 0 atom stereocenters. The van der Waals surface area contributed by atoms with Gasteiger partial charge in [-0.05, 0) is 0 Å². The number of halogens is 4. The molecule has 80 valence electrons. The first-order chi connectivity index (χ1) is 6.88. The van der Waals surface area contributed by atoms with E-state index < -0.39 is 18.3 Å². The molecule has 0 aliphatic carbocycles. The summed E-state index contributed by atoms with van der Waals surface area (Å²) >= 11 is 0. The van der Waals surface area contributed by atoms with Crippen LogP contribution in [-0.2, 0) is 7.05 Å². The van der Waals surface area contributed by atoms with Gasteiger partial charge in [-0.3, -0.25) is 4.68 Å². The Kier molecular flexibility index (Phi) is 4.23. The average molecular weight is 256 g/mol. The van der Waals surface area contributed by atoms with Gasteiger partial charge in [-0.1, -0.05) is 12.1 Å². The minimum absolute atomic E-state index is 0. The zero-order chi connectivity index (χ0) is 11.2. The summed E-state index contributed by atoms with van der Waals surface area (Å²) in [5.41, 5.74) is -0.978. The van der Waals surface area contributed by atoms with Crippen LogP contribution in [-0.4, -0.2) is 16.8 Å². The van der Waals surface area contributed by atoms with E-state index in [0.717, 1.165) is 6.07 Å². The molecule has 0 radical (unpaired) electrons. The summed E-state index contributed by atoms with van der Waals surface area (Å²) in [6.45, 7) is -5.17. The molecule has 1 aromatic carbocycles. The summed E-state index contributed by atoms with van der Waals surface area (Å²) in [6, 6.07) is 1.39. The Balaban J connectivity index is 0.00000128. The quantitative estimate of drug-likeness (QED) is 0.461. The molecule has 0 fully saturated rings. The first kappa shape index (κ1) is 14.2. The molecule has 1 aromatic heterocycles. The molecule has 0 aliphatic rings. The van der Waals surface area contributed by atoms with Crippen molar-refractivity contribution < 1.29 is 68.7 Å². The summed E-state index contributed by atoms with van der Waals surface area (Å²) in [5, 5.41) is 3.88. The van der Waals surface area contributed by atoms with Crippen molar-refractivity contribution in [2.24, 2.45) is 7.05 Å². The van der Waals surface area contributed by atoms with Crippen molar-refractivity contribution in [3.05, 3.63) is 24.1 Å². The van der Waals surface area contributed by atoms with E-state index in [9.17, 15) is 17.3 Å².